The van der Waals surface area contributed by atoms with Gasteiger partial charge in [0.05, 0.1) is 6.54 Å². The predicted octanol–water partition coefficient (Wildman–Crippen LogP) is 2.61. The molecule has 1 aromatic heterocycles. The molecular weight excluding hydrogens is 309 g/mol. The summed E-state index contributed by atoms with van der Waals surface area (Å²) < 4.78 is 14.3. The van der Waals surface area contributed by atoms with Gasteiger partial charge in [-0.15, -0.1) is 5.10 Å². The standard InChI is InChI=1S/C17H16FN5O/c1-11-2-8-14(9-3-11)20-17(24)15-16(19)23(22-21-15)10-12-4-6-13(18)7-5-12/h2-9H,10,19H2,1H3,(H,20,24). The number of nitrogens with two attached hydrogens (primary N) is 1. The Labute approximate surface area is 138 Å². The Bertz CT molecular complexity index is 856. The van der Waals surface area contributed by atoms with Crippen molar-refractivity contribution in [2.45, 2.75) is 13.5 Å². The van der Waals surface area contributed by atoms with E-state index < -0.39 is 5.91 Å². The molecule has 1 amide bonds. The number of hydrogen-bond acceptors (Lipinski definition) is 4. The molecule has 0 aliphatic rings. The monoisotopic (exact) mass is 325 g/mol. The summed E-state index contributed by atoms with van der Waals surface area (Å²) >= 11 is 0. The number of rotatable bonds is 4. The van der Waals surface area contributed by atoms with Crippen LogP contribution < -0.4 is 11.1 Å². The summed E-state index contributed by atoms with van der Waals surface area (Å²) in [5.41, 5.74) is 8.57. The first kappa shape index (κ1) is 15.7. The van der Waals surface area contributed by atoms with Gasteiger partial charge >= 0.3 is 0 Å². The average Bonchev–Trinajstić information content (AvgIpc) is 2.93. The molecule has 0 spiro atoms. The number of aromatic nitrogens is 3. The Hall–Kier alpha value is -3.22. The highest BCUT2D eigenvalue weighted by Crippen LogP contribution is 2.15. The van der Waals surface area contributed by atoms with Gasteiger partial charge in [-0.3, -0.25) is 4.79 Å². The van der Waals surface area contributed by atoms with Gasteiger partial charge in [0.15, 0.2) is 11.5 Å². The molecule has 0 unspecified atom stereocenters. The fourth-order valence-electron chi connectivity index (χ4n) is 2.19. The molecule has 1 heterocycles. The number of benzene rings is 2. The van der Waals surface area contributed by atoms with Crippen molar-refractivity contribution in [3.63, 3.8) is 0 Å². The van der Waals surface area contributed by atoms with E-state index in [1.807, 2.05) is 19.1 Å². The normalized spacial score (nSPS) is 10.6. The van der Waals surface area contributed by atoms with Crippen LogP contribution in [0.5, 0.6) is 0 Å². The molecular formula is C17H16FN5O. The zero-order valence-electron chi connectivity index (χ0n) is 13.0. The van der Waals surface area contributed by atoms with E-state index in [2.05, 4.69) is 15.6 Å². The lowest BCUT2D eigenvalue weighted by atomic mass is 10.2. The molecule has 0 radical (unpaired) electrons. The van der Waals surface area contributed by atoms with Gasteiger partial charge in [-0.2, -0.15) is 0 Å². The topological polar surface area (TPSA) is 85.8 Å². The first-order valence-electron chi connectivity index (χ1n) is 7.34. The molecule has 3 N–H and O–H groups in total. The highest BCUT2D eigenvalue weighted by Gasteiger charge is 2.17. The Morgan fingerprint density at radius 3 is 2.50 bits per heavy atom. The Morgan fingerprint density at radius 1 is 1.17 bits per heavy atom. The zero-order chi connectivity index (χ0) is 17.1. The molecule has 24 heavy (non-hydrogen) atoms. The van der Waals surface area contributed by atoms with Crippen LogP contribution in [0.4, 0.5) is 15.9 Å². The quantitative estimate of drug-likeness (QED) is 0.772. The van der Waals surface area contributed by atoms with Gasteiger partial charge < -0.3 is 11.1 Å². The summed E-state index contributed by atoms with van der Waals surface area (Å²) in [5, 5.41) is 10.5. The lowest BCUT2D eigenvalue weighted by Gasteiger charge is -2.05. The van der Waals surface area contributed by atoms with Gasteiger partial charge in [-0.05, 0) is 36.8 Å². The average molecular weight is 325 g/mol. The van der Waals surface area contributed by atoms with Gasteiger partial charge in [0.25, 0.3) is 5.91 Å². The lowest BCUT2D eigenvalue weighted by Crippen LogP contribution is -2.15. The van der Waals surface area contributed by atoms with Crippen LogP contribution in [0.25, 0.3) is 0 Å². The molecule has 0 fully saturated rings. The molecule has 0 saturated carbocycles. The zero-order valence-corrected chi connectivity index (χ0v) is 13.0. The van der Waals surface area contributed by atoms with Crippen LogP contribution >= 0.6 is 0 Å². The fraction of sp³-hybridized carbons (Fsp3) is 0.118. The van der Waals surface area contributed by atoms with E-state index in [4.69, 9.17) is 5.73 Å². The number of carbonyl (C=O) groups is 1. The number of nitrogen functional groups attached to an aromatic ring is 1. The summed E-state index contributed by atoms with van der Waals surface area (Å²) in [4.78, 5) is 12.3. The second-order valence-electron chi connectivity index (χ2n) is 5.43. The number of amides is 1. The molecule has 6 nitrogen and oxygen atoms in total. The molecule has 0 saturated heterocycles. The number of nitrogens with one attached hydrogen (secondary N) is 1. The van der Waals surface area contributed by atoms with E-state index >= 15 is 0 Å². The maximum absolute atomic E-state index is 12.9. The highest BCUT2D eigenvalue weighted by atomic mass is 19.1. The van der Waals surface area contributed by atoms with E-state index in [-0.39, 0.29) is 17.3 Å². The maximum atomic E-state index is 12.9. The minimum Gasteiger partial charge on any atom is -0.382 e. The SMILES string of the molecule is Cc1ccc(NC(=O)c2nnn(Cc3ccc(F)cc3)c2N)cc1. The lowest BCUT2D eigenvalue weighted by molar-refractivity contribution is 0.102. The van der Waals surface area contributed by atoms with Crippen LogP contribution in [-0.4, -0.2) is 20.9 Å². The van der Waals surface area contributed by atoms with Gasteiger partial charge in [0, 0.05) is 5.69 Å². The molecule has 0 atom stereocenters. The van der Waals surface area contributed by atoms with Crippen LogP contribution in [0.1, 0.15) is 21.6 Å². The minimum atomic E-state index is -0.429. The van der Waals surface area contributed by atoms with Crippen molar-refractivity contribution in [3.8, 4) is 0 Å². The first-order chi connectivity index (χ1) is 11.5. The van der Waals surface area contributed by atoms with Crippen LogP contribution in [0.3, 0.4) is 0 Å². The van der Waals surface area contributed by atoms with Crippen LogP contribution in [-0.2, 0) is 6.54 Å². The molecule has 2 aromatic carbocycles. The molecule has 0 aliphatic carbocycles. The van der Waals surface area contributed by atoms with Gasteiger partial charge in [-0.1, -0.05) is 35.0 Å². The van der Waals surface area contributed by atoms with Crippen molar-refractivity contribution in [1.82, 2.24) is 15.0 Å². The third-order valence-electron chi connectivity index (χ3n) is 3.54. The van der Waals surface area contributed by atoms with Crippen LogP contribution in [0, 0.1) is 12.7 Å². The van der Waals surface area contributed by atoms with E-state index in [1.165, 1.54) is 16.8 Å². The summed E-state index contributed by atoms with van der Waals surface area (Å²) in [6, 6.07) is 13.3. The number of hydrogen-bond donors (Lipinski definition) is 2. The van der Waals surface area contributed by atoms with E-state index in [0.29, 0.717) is 12.2 Å². The number of anilines is 2. The smallest absolute Gasteiger partial charge is 0.280 e. The summed E-state index contributed by atoms with van der Waals surface area (Å²) in [6.07, 6.45) is 0. The second kappa shape index (κ2) is 6.49. The molecule has 3 rings (SSSR count). The second-order valence-corrected chi connectivity index (χ2v) is 5.43. The highest BCUT2D eigenvalue weighted by molar-refractivity contribution is 6.05. The molecule has 7 heteroatoms. The largest absolute Gasteiger partial charge is 0.382 e. The fourth-order valence-corrected chi connectivity index (χ4v) is 2.19. The summed E-state index contributed by atoms with van der Waals surface area (Å²) in [7, 11) is 0. The number of aryl methyl sites for hydroxylation is 1. The first-order valence-corrected chi connectivity index (χ1v) is 7.34. The van der Waals surface area contributed by atoms with Gasteiger partial charge in [-0.25, -0.2) is 9.07 Å². The summed E-state index contributed by atoms with van der Waals surface area (Å²) in [5.74, 6) is -0.589. The van der Waals surface area contributed by atoms with E-state index in [1.54, 1.807) is 24.3 Å². The van der Waals surface area contributed by atoms with Crippen molar-refractivity contribution in [2.75, 3.05) is 11.1 Å². The number of carbonyl (C=O) groups excluding carboxylic acids is 1. The number of halogens is 1. The third-order valence-corrected chi connectivity index (χ3v) is 3.54. The number of nitrogens with zero attached hydrogens (tertiary/aromatic N) is 3. The Balaban J connectivity index is 1.75. The van der Waals surface area contributed by atoms with Crippen molar-refractivity contribution in [3.05, 3.63) is 71.2 Å². The maximum Gasteiger partial charge on any atom is 0.280 e. The third kappa shape index (κ3) is 3.40. The van der Waals surface area contributed by atoms with Crippen LogP contribution in [0.15, 0.2) is 48.5 Å². The van der Waals surface area contributed by atoms with Crippen molar-refractivity contribution >= 4 is 17.4 Å². The molecule has 122 valence electrons. The van der Waals surface area contributed by atoms with E-state index in [9.17, 15) is 9.18 Å². The van der Waals surface area contributed by atoms with Crippen molar-refractivity contribution in [1.29, 1.82) is 0 Å². The van der Waals surface area contributed by atoms with E-state index in [0.717, 1.165) is 11.1 Å². The summed E-state index contributed by atoms with van der Waals surface area (Å²) in [6.45, 7) is 2.27. The minimum absolute atomic E-state index is 0.0534. The van der Waals surface area contributed by atoms with Gasteiger partial charge in [0.1, 0.15) is 5.82 Å². The molecule has 3 aromatic rings. The van der Waals surface area contributed by atoms with Gasteiger partial charge in [0.2, 0.25) is 0 Å². The molecule has 0 bridgehead atoms. The van der Waals surface area contributed by atoms with Crippen molar-refractivity contribution < 1.29 is 9.18 Å². The molecule has 0 aliphatic heterocycles. The predicted molar refractivity (Wildman–Crippen MR) is 89.1 cm³/mol. The Morgan fingerprint density at radius 2 is 1.83 bits per heavy atom. The van der Waals surface area contributed by atoms with Crippen LogP contribution in [0.2, 0.25) is 0 Å². The Kier molecular flexibility index (Phi) is 4.24. The van der Waals surface area contributed by atoms with Crippen molar-refractivity contribution in [2.24, 2.45) is 0 Å².